The first-order chi connectivity index (χ1) is 22.4. The number of carboxylic acid groups (broad SMARTS) is 1. The number of amides is 4. The van der Waals surface area contributed by atoms with E-state index in [1.165, 1.54) is 17.0 Å². The van der Waals surface area contributed by atoms with Crippen LogP contribution in [0.1, 0.15) is 63.9 Å². The van der Waals surface area contributed by atoms with Gasteiger partial charge >= 0.3 is 5.97 Å². The third-order valence-electron chi connectivity index (χ3n) is 10.4. The lowest BCUT2D eigenvalue weighted by molar-refractivity contribution is -0.141. The second kappa shape index (κ2) is 12.4. The number of carbonyl (C=O) groups excluding carboxylic acids is 4. The molecular weight excluding hydrogens is 631 g/mol. The van der Waals surface area contributed by atoms with Crippen LogP contribution in [0.2, 0.25) is 5.02 Å². The Morgan fingerprint density at radius 3 is 2.53 bits per heavy atom. The molecule has 2 N–H and O–H groups in total. The van der Waals surface area contributed by atoms with E-state index in [2.05, 4.69) is 0 Å². The summed E-state index contributed by atoms with van der Waals surface area (Å²) in [6.07, 6.45) is 3.72. The zero-order chi connectivity index (χ0) is 33.8. The Balaban J connectivity index is 1.42. The van der Waals surface area contributed by atoms with Gasteiger partial charge in [-0.05, 0) is 69.7 Å². The number of para-hydroxylation sites is 1. The summed E-state index contributed by atoms with van der Waals surface area (Å²) in [6.45, 7) is 3.91. The maximum absolute atomic E-state index is 14.5. The van der Waals surface area contributed by atoms with E-state index < -0.39 is 58.6 Å². The number of unbranched alkanes of at least 4 members (excludes halogenated alkanes) is 2. The van der Waals surface area contributed by atoms with Crippen LogP contribution in [0, 0.1) is 34.9 Å². The first-order valence-corrected chi connectivity index (χ1v) is 16.3. The van der Waals surface area contributed by atoms with Gasteiger partial charge in [0.15, 0.2) is 11.5 Å². The molecule has 0 radical (unpaired) electrons. The normalized spacial score (nSPS) is 28.3. The van der Waals surface area contributed by atoms with Crippen LogP contribution in [0.15, 0.2) is 48.0 Å². The molecule has 2 aliphatic carbocycles. The SMILES string of the molecule is CCOc1cccc(C2C3=CCC4C(=O)N(CCCCCC(=O)O)C(=O)C4C3CC3C(=O)N(c4ccc(F)c(Cl)c4)C(=O)C32C)c1O. The first kappa shape index (κ1) is 32.7. The van der Waals surface area contributed by atoms with Crippen LogP contribution in [0.25, 0.3) is 0 Å². The topological polar surface area (TPSA) is 142 Å². The molecule has 2 aromatic rings. The van der Waals surface area contributed by atoms with Gasteiger partial charge in [0.2, 0.25) is 23.6 Å². The average Bonchev–Trinajstić information content (AvgIpc) is 3.39. The highest BCUT2D eigenvalue weighted by Crippen LogP contribution is 2.64. The van der Waals surface area contributed by atoms with Gasteiger partial charge < -0.3 is 14.9 Å². The summed E-state index contributed by atoms with van der Waals surface area (Å²) in [6, 6.07) is 8.61. The minimum Gasteiger partial charge on any atom is -0.504 e. The predicted octanol–water partition coefficient (Wildman–Crippen LogP) is 5.46. The smallest absolute Gasteiger partial charge is 0.303 e. The van der Waals surface area contributed by atoms with Crippen molar-refractivity contribution in [1.82, 2.24) is 4.90 Å². The predicted molar refractivity (Wildman–Crippen MR) is 168 cm³/mol. The number of benzene rings is 2. The number of fused-ring (bicyclic) bond motifs is 4. The molecule has 2 saturated heterocycles. The molecule has 6 rings (SSSR count). The van der Waals surface area contributed by atoms with Crippen molar-refractivity contribution in [2.45, 2.75) is 58.3 Å². The number of rotatable bonds is 10. The van der Waals surface area contributed by atoms with Crippen LogP contribution in [0.4, 0.5) is 10.1 Å². The standard InChI is InChI=1S/C35H36ClFN2O8/c1-3-47-26-9-7-8-21(30(26)42)29-19-12-13-20-28(33(45)38(31(20)43)15-6-4-5-10-27(40)41)22(19)17-23-32(44)39(34(46)35(23,29)2)18-11-14-25(37)24(36)16-18/h7-9,11-12,14,16,20,22-23,28-29,42H,3-6,10,13,15,17H2,1-2H3,(H,40,41). The average molecular weight is 667 g/mol. The molecule has 0 spiro atoms. The number of hydrogen-bond donors (Lipinski definition) is 2. The zero-order valence-electron chi connectivity index (χ0n) is 26.1. The molecule has 4 amide bonds. The van der Waals surface area contributed by atoms with Crippen molar-refractivity contribution >= 4 is 46.9 Å². The van der Waals surface area contributed by atoms with Crippen LogP contribution in [0.5, 0.6) is 11.5 Å². The molecule has 47 heavy (non-hydrogen) atoms. The molecule has 2 heterocycles. The Bertz CT molecular complexity index is 1710. The van der Waals surface area contributed by atoms with Gasteiger partial charge in [-0.2, -0.15) is 0 Å². The lowest BCUT2D eigenvalue weighted by Gasteiger charge is -2.49. The van der Waals surface area contributed by atoms with E-state index >= 15 is 0 Å². The number of allylic oxidation sites excluding steroid dienone is 2. The monoisotopic (exact) mass is 666 g/mol. The highest BCUT2D eigenvalue weighted by molar-refractivity contribution is 6.31. The van der Waals surface area contributed by atoms with Crippen molar-refractivity contribution in [1.29, 1.82) is 0 Å². The molecule has 248 valence electrons. The Morgan fingerprint density at radius 2 is 1.83 bits per heavy atom. The van der Waals surface area contributed by atoms with Crippen molar-refractivity contribution in [2.75, 3.05) is 18.1 Å². The van der Waals surface area contributed by atoms with Crippen LogP contribution < -0.4 is 9.64 Å². The van der Waals surface area contributed by atoms with Gasteiger partial charge in [-0.15, -0.1) is 0 Å². The molecule has 10 nitrogen and oxygen atoms in total. The maximum Gasteiger partial charge on any atom is 0.303 e. The summed E-state index contributed by atoms with van der Waals surface area (Å²) in [4.78, 5) is 69.5. The zero-order valence-corrected chi connectivity index (χ0v) is 26.8. The van der Waals surface area contributed by atoms with Crippen molar-refractivity contribution in [3.63, 3.8) is 0 Å². The number of nitrogens with zero attached hydrogens (tertiary/aromatic N) is 2. The molecule has 2 aromatic carbocycles. The minimum atomic E-state index is -1.41. The summed E-state index contributed by atoms with van der Waals surface area (Å²) in [5, 5.41) is 20.2. The van der Waals surface area contributed by atoms with E-state index in [-0.39, 0.29) is 66.4 Å². The van der Waals surface area contributed by atoms with Crippen molar-refractivity contribution in [3.05, 3.63) is 64.5 Å². The van der Waals surface area contributed by atoms with Gasteiger partial charge in [0.25, 0.3) is 0 Å². The third kappa shape index (κ3) is 5.19. The molecule has 1 saturated carbocycles. The molecule has 0 bridgehead atoms. The summed E-state index contributed by atoms with van der Waals surface area (Å²) in [7, 11) is 0. The van der Waals surface area contributed by atoms with Gasteiger partial charge in [0.1, 0.15) is 5.82 Å². The van der Waals surface area contributed by atoms with Gasteiger partial charge in [-0.1, -0.05) is 41.8 Å². The van der Waals surface area contributed by atoms with Crippen molar-refractivity contribution < 1.29 is 43.3 Å². The van der Waals surface area contributed by atoms with E-state index in [0.29, 0.717) is 30.4 Å². The number of carbonyl (C=O) groups is 5. The van der Waals surface area contributed by atoms with E-state index in [4.69, 9.17) is 21.4 Å². The number of likely N-dealkylation sites (tertiary alicyclic amines) is 1. The molecule has 6 unspecified atom stereocenters. The number of imide groups is 2. The molecule has 0 aromatic heterocycles. The van der Waals surface area contributed by atoms with Crippen molar-refractivity contribution in [2.24, 2.45) is 29.1 Å². The number of halogens is 2. The van der Waals surface area contributed by atoms with Crippen LogP contribution in [-0.4, -0.2) is 57.9 Å². The highest BCUT2D eigenvalue weighted by atomic mass is 35.5. The molecule has 6 atom stereocenters. The fourth-order valence-corrected chi connectivity index (χ4v) is 8.46. The van der Waals surface area contributed by atoms with E-state index in [1.807, 2.05) is 6.08 Å². The van der Waals surface area contributed by atoms with Gasteiger partial charge in [-0.25, -0.2) is 9.29 Å². The number of phenols is 1. The fraction of sp³-hybridized carbons (Fsp3) is 0.457. The Morgan fingerprint density at radius 1 is 1.06 bits per heavy atom. The van der Waals surface area contributed by atoms with Gasteiger partial charge in [0.05, 0.1) is 40.5 Å². The van der Waals surface area contributed by atoms with Crippen LogP contribution in [-0.2, 0) is 24.0 Å². The quantitative estimate of drug-likeness (QED) is 0.194. The summed E-state index contributed by atoms with van der Waals surface area (Å²) in [5.41, 5.74) is -0.224. The number of phenolic OH excluding ortho intramolecular Hbond substituents is 1. The van der Waals surface area contributed by atoms with Crippen LogP contribution in [0.3, 0.4) is 0 Å². The molecule has 2 aliphatic heterocycles. The lowest BCUT2D eigenvalue weighted by atomic mass is 9.51. The molecular formula is C35H36ClFN2O8. The molecule has 12 heteroatoms. The number of carboxylic acids is 1. The second-order valence-electron chi connectivity index (χ2n) is 12.9. The Labute approximate surface area is 276 Å². The number of anilines is 1. The lowest BCUT2D eigenvalue weighted by Crippen LogP contribution is -2.48. The molecule has 4 aliphatic rings. The third-order valence-corrected chi connectivity index (χ3v) is 10.7. The molecule has 3 fully saturated rings. The second-order valence-corrected chi connectivity index (χ2v) is 13.3. The first-order valence-electron chi connectivity index (χ1n) is 16.0. The number of aliphatic carboxylic acids is 1. The van der Waals surface area contributed by atoms with Gasteiger partial charge in [0, 0.05) is 24.4 Å². The summed E-state index contributed by atoms with van der Waals surface area (Å²) < 4.78 is 19.8. The van der Waals surface area contributed by atoms with Crippen molar-refractivity contribution in [3.8, 4) is 11.5 Å². The minimum absolute atomic E-state index is 0.00920. The number of hydrogen-bond acceptors (Lipinski definition) is 7. The Hall–Kier alpha value is -4.25. The van der Waals surface area contributed by atoms with E-state index in [9.17, 15) is 33.5 Å². The van der Waals surface area contributed by atoms with E-state index in [1.54, 1.807) is 32.0 Å². The Kier molecular flexibility index (Phi) is 8.63. The highest BCUT2D eigenvalue weighted by Gasteiger charge is 2.68. The van der Waals surface area contributed by atoms with Gasteiger partial charge in [-0.3, -0.25) is 28.9 Å². The fourth-order valence-electron chi connectivity index (χ4n) is 8.28. The number of ether oxygens (including phenoxy) is 1. The largest absolute Gasteiger partial charge is 0.504 e. The summed E-state index contributed by atoms with van der Waals surface area (Å²) >= 11 is 6.06. The van der Waals surface area contributed by atoms with Crippen LogP contribution >= 0.6 is 11.6 Å². The summed E-state index contributed by atoms with van der Waals surface area (Å²) in [5.74, 6) is -7.04. The maximum atomic E-state index is 14.5. The number of aromatic hydroxyl groups is 1. The van der Waals surface area contributed by atoms with E-state index in [0.717, 1.165) is 11.0 Å².